The van der Waals surface area contributed by atoms with Crippen LogP contribution in [0.1, 0.15) is 11.4 Å². The van der Waals surface area contributed by atoms with E-state index in [0.29, 0.717) is 10.5 Å². The highest BCUT2D eigenvalue weighted by atomic mass is 32.1. The number of rotatable bonds is 1. The summed E-state index contributed by atoms with van der Waals surface area (Å²) in [5.41, 5.74) is 2.51. The van der Waals surface area contributed by atoms with Crippen molar-refractivity contribution in [2.75, 3.05) is 0 Å². The maximum atomic E-state index is 9.79. The van der Waals surface area contributed by atoms with E-state index in [4.69, 9.17) is 12.2 Å². The van der Waals surface area contributed by atoms with E-state index in [1.165, 1.54) is 0 Å². The molecule has 3 nitrogen and oxygen atoms in total. The summed E-state index contributed by atoms with van der Waals surface area (Å²) >= 11 is 5.21. The Hall–Kier alpha value is -1.68. The fourth-order valence-electron chi connectivity index (χ4n) is 1.70. The van der Waals surface area contributed by atoms with E-state index < -0.39 is 0 Å². The predicted molar refractivity (Wildman–Crippen MR) is 65.5 cm³/mol. The molecule has 0 unspecified atom stereocenters. The molecule has 0 saturated carbocycles. The topological polar surface area (TPSA) is 38.0 Å². The zero-order valence-electron chi connectivity index (χ0n) is 9.14. The molecule has 0 fully saturated rings. The van der Waals surface area contributed by atoms with Crippen molar-refractivity contribution in [3.63, 3.8) is 0 Å². The second-order valence-electron chi connectivity index (χ2n) is 3.65. The minimum atomic E-state index is 0.201. The van der Waals surface area contributed by atoms with Crippen LogP contribution in [0.25, 0.3) is 5.69 Å². The summed E-state index contributed by atoms with van der Waals surface area (Å²) < 4.78 is 2.22. The summed E-state index contributed by atoms with van der Waals surface area (Å²) in [5, 5.41) is 9.79. The maximum Gasteiger partial charge on any atom is 0.204 e. The van der Waals surface area contributed by atoms with Gasteiger partial charge in [0.2, 0.25) is 4.77 Å². The summed E-state index contributed by atoms with van der Waals surface area (Å²) in [7, 11) is 0. The Morgan fingerprint density at radius 2 is 1.94 bits per heavy atom. The van der Waals surface area contributed by atoms with Gasteiger partial charge in [0.1, 0.15) is 5.75 Å². The van der Waals surface area contributed by atoms with Gasteiger partial charge < -0.3 is 5.11 Å². The lowest BCUT2D eigenvalue weighted by molar-refractivity contribution is 0.471. The van der Waals surface area contributed by atoms with Gasteiger partial charge in [0.15, 0.2) is 0 Å². The van der Waals surface area contributed by atoms with E-state index in [1.54, 1.807) is 16.7 Å². The van der Waals surface area contributed by atoms with Crippen molar-refractivity contribution in [1.82, 2.24) is 9.55 Å². The van der Waals surface area contributed by atoms with Crippen LogP contribution in [0.15, 0.2) is 30.3 Å². The van der Waals surface area contributed by atoms with Crippen LogP contribution in [-0.2, 0) is 0 Å². The number of phenolic OH excluding ortho intramolecular Hbond substituents is 1. The monoisotopic (exact) mass is 232 g/mol. The number of benzene rings is 1. The first kappa shape index (κ1) is 10.8. The highest BCUT2D eigenvalue weighted by Gasteiger charge is 2.06. The number of aromatic nitrogens is 2. The van der Waals surface area contributed by atoms with Gasteiger partial charge in [-0.2, -0.15) is 0 Å². The van der Waals surface area contributed by atoms with Gasteiger partial charge in [-0.15, -0.1) is 0 Å². The molecule has 0 aliphatic carbocycles. The van der Waals surface area contributed by atoms with Crippen molar-refractivity contribution in [3.8, 4) is 11.4 Å². The molecular weight excluding hydrogens is 220 g/mol. The Morgan fingerprint density at radius 1 is 1.25 bits per heavy atom. The van der Waals surface area contributed by atoms with Crippen molar-refractivity contribution in [3.05, 3.63) is 46.5 Å². The third-order valence-corrected chi connectivity index (χ3v) is 2.63. The molecule has 4 heteroatoms. The van der Waals surface area contributed by atoms with Crippen LogP contribution >= 0.6 is 12.2 Å². The number of phenols is 1. The van der Waals surface area contributed by atoms with E-state index in [9.17, 15) is 5.11 Å². The van der Waals surface area contributed by atoms with Gasteiger partial charge in [-0.1, -0.05) is 12.1 Å². The molecular formula is C12H12N2OS. The van der Waals surface area contributed by atoms with Crippen LogP contribution in [0.4, 0.5) is 0 Å². The van der Waals surface area contributed by atoms with Crippen LogP contribution in [0, 0.1) is 18.6 Å². The fourth-order valence-corrected chi connectivity index (χ4v) is 2.08. The minimum Gasteiger partial charge on any atom is -0.506 e. The molecule has 1 heterocycles. The molecule has 0 aliphatic rings. The molecule has 0 saturated heterocycles. The quantitative estimate of drug-likeness (QED) is 0.768. The van der Waals surface area contributed by atoms with Crippen LogP contribution in [0.2, 0.25) is 0 Å². The van der Waals surface area contributed by atoms with Crippen LogP contribution in [0.5, 0.6) is 5.75 Å². The fraction of sp³-hybridized carbons (Fsp3) is 0.167. The lowest BCUT2D eigenvalue weighted by Gasteiger charge is -2.12. The summed E-state index contributed by atoms with van der Waals surface area (Å²) in [6.07, 6.45) is 0. The Kier molecular flexibility index (Phi) is 2.75. The smallest absolute Gasteiger partial charge is 0.204 e. The number of nitrogens with zero attached hydrogens (tertiary/aromatic N) is 2. The summed E-state index contributed by atoms with van der Waals surface area (Å²) in [4.78, 5) is 4.22. The van der Waals surface area contributed by atoms with E-state index in [2.05, 4.69) is 4.98 Å². The maximum absolute atomic E-state index is 9.79. The molecule has 0 spiro atoms. The SMILES string of the molecule is Cc1cc(C)n(-c2ccccc2O)c(=S)n1. The summed E-state index contributed by atoms with van der Waals surface area (Å²) in [6, 6.07) is 9.02. The summed E-state index contributed by atoms with van der Waals surface area (Å²) in [5.74, 6) is 0.201. The average Bonchev–Trinajstić information content (AvgIpc) is 2.19. The lowest BCUT2D eigenvalue weighted by Crippen LogP contribution is -2.04. The summed E-state index contributed by atoms with van der Waals surface area (Å²) in [6.45, 7) is 3.84. The van der Waals surface area contributed by atoms with E-state index in [-0.39, 0.29) is 5.75 Å². The molecule has 0 aliphatic heterocycles. The molecule has 0 atom stereocenters. The molecule has 0 radical (unpaired) electrons. The zero-order chi connectivity index (χ0) is 11.7. The van der Waals surface area contributed by atoms with Crippen LogP contribution in [-0.4, -0.2) is 14.7 Å². The zero-order valence-corrected chi connectivity index (χ0v) is 9.95. The standard InChI is InChI=1S/C12H12N2OS/c1-8-7-9(2)14(12(16)13-8)10-5-3-4-6-11(10)15/h3-7,15H,1-2H3. The first-order chi connectivity index (χ1) is 7.59. The van der Waals surface area contributed by atoms with Crippen molar-refractivity contribution < 1.29 is 5.11 Å². The van der Waals surface area contributed by atoms with E-state index in [1.807, 2.05) is 32.0 Å². The van der Waals surface area contributed by atoms with Gasteiger partial charge in [0.05, 0.1) is 5.69 Å². The average molecular weight is 232 g/mol. The number of aryl methyl sites for hydroxylation is 2. The third kappa shape index (κ3) is 1.84. The Morgan fingerprint density at radius 3 is 2.56 bits per heavy atom. The molecule has 0 amide bonds. The second kappa shape index (κ2) is 4.06. The van der Waals surface area contributed by atoms with Crippen molar-refractivity contribution in [2.45, 2.75) is 13.8 Å². The Labute approximate surface area is 99.0 Å². The van der Waals surface area contributed by atoms with Crippen LogP contribution in [0.3, 0.4) is 0 Å². The molecule has 1 aromatic heterocycles. The van der Waals surface area contributed by atoms with Gasteiger partial charge in [-0.25, -0.2) is 4.98 Å². The van der Waals surface area contributed by atoms with Gasteiger partial charge in [-0.3, -0.25) is 4.57 Å². The molecule has 0 bridgehead atoms. The minimum absolute atomic E-state index is 0.201. The van der Waals surface area contributed by atoms with Crippen molar-refractivity contribution >= 4 is 12.2 Å². The second-order valence-corrected chi connectivity index (χ2v) is 4.01. The first-order valence-corrected chi connectivity index (χ1v) is 5.36. The number of aromatic hydroxyl groups is 1. The molecule has 1 N–H and O–H groups in total. The van der Waals surface area contributed by atoms with Gasteiger partial charge in [-0.05, 0) is 44.3 Å². The highest BCUT2D eigenvalue weighted by molar-refractivity contribution is 7.71. The number of hydrogen-bond acceptors (Lipinski definition) is 3. The Bertz CT molecular complexity index is 590. The van der Waals surface area contributed by atoms with Crippen molar-refractivity contribution in [2.24, 2.45) is 0 Å². The van der Waals surface area contributed by atoms with E-state index >= 15 is 0 Å². The first-order valence-electron chi connectivity index (χ1n) is 4.95. The lowest BCUT2D eigenvalue weighted by atomic mass is 10.2. The molecule has 2 aromatic rings. The normalized spacial score (nSPS) is 10.4. The Balaban J connectivity index is 2.75. The largest absolute Gasteiger partial charge is 0.506 e. The number of para-hydroxylation sites is 2. The number of hydrogen-bond donors (Lipinski definition) is 1. The van der Waals surface area contributed by atoms with Crippen molar-refractivity contribution in [1.29, 1.82) is 0 Å². The molecule has 2 rings (SSSR count). The highest BCUT2D eigenvalue weighted by Crippen LogP contribution is 2.22. The molecule has 82 valence electrons. The van der Waals surface area contributed by atoms with E-state index in [0.717, 1.165) is 11.4 Å². The third-order valence-electron chi connectivity index (χ3n) is 2.36. The van der Waals surface area contributed by atoms with Crippen LogP contribution < -0.4 is 0 Å². The molecule has 1 aromatic carbocycles. The molecule has 16 heavy (non-hydrogen) atoms. The van der Waals surface area contributed by atoms with Gasteiger partial charge in [0.25, 0.3) is 0 Å². The predicted octanol–water partition coefficient (Wildman–Crippen LogP) is 2.92. The van der Waals surface area contributed by atoms with Gasteiger partial charge >= 0.3 is 0 Å². The van der Waals surface area contributed by atoms with Gasteiger partial charge in [0, 0.05) is 11.4 Å².